The van der Waals surface area contributed by atoms with Gasteiger partial charge in [0, 0.05) is 6.07 Å². The second-order valence-corrected chi connectivity index (χ2v) is 4.88. The fourth-order valence-electron chi connectivity index (χ4n) is 1.12. The number of aromatic nitrogens is 2. The largest absolute Gasteiger partial charge is 0.391 e. The van der Waals surface area contributed by atoms with Crippen LogP contribution in [-0.2, 0) is 6.54 Å². The van der Waals surface area contributed by atoms with Crippen LogP contribution in [0, 0.1) is 12.3 Å². The topological polar surface area (TPSA) is 55.1 Å². The van der Waals surface area contributed by atoms with Crippen LogP contribution < -0.4 is 5.56 Å². The molecule has 1 aromatic heterocycles. The van der Waals surface area contributed by atoms with Gasteiger partial charge < -0.3 is 5.11 Å². The smallest absolute Gasteiger partial charge is 0.266 e. The van der Waals surface area contributed by atoms with Crippen LogP contribution in [0.25, 0.3) is 0 Å². The Morgan fingerprint density at radius 2 is 2.07 bits per heavy atom. The zero-order valence-electron chi connectivity index (χ0n) is 9.69. The van der Waals surface area contributed by atoms with Gasteiger partial charge in [-0.15, -0.1) is 0 Å². The van der Waals surface area contributed by atoms with Crippen molar-refractivity contribution < 1.29 is 5.11 Å². The van der Waals surface area contributed by atoms with E-state index in [0.717, 1.165) is 5.69 Å². The number of nitrogens with zero attached hydrogens (tertiary/aromatic N) is 2. The molecule has 1 unspecified atom stereocenters. The van der Waals surface area contributed by atoms with Crippen molar-refractivity contribution in [2.24, 2.45) is 5.41 Å². The highest BCUT2D eigenvalue weighted by molar-refractivity contribution is 4.97. The summed E-state index contributed by atoms with van der Waals surface area (Å²) in [6.07, 6.45) is -0.579. The highest BCUT2D eigenvalue weighted by Crippen LogP contribution is 2.19. The number of aliphatic hydroxyl groups excluding tert-OH is 1. The van der Waals surface area contributed by atoms with Gasteiger partial charge in [-0.1, -0.05) is 20.8 Å². The minimum Gasteiger partial charge on any atom is -0.391 e. The Balaban J connectivity index is 2.90. The van der Waals surface area contributed by atoms with Gasteiger partial charge in [-0.3, -0.25) is 4.79 Å². The lowest BCUT2D eigenvalue weighted by atomic mass is 9.89. The molecule has 15 heavy (non-hydrogen) atoms. The van der Waals surface area contributed by atoms with Gasteiger partial charge >= 0.3 is 0 Å². The van der Waals surface area contributed by atoms with Gasteiger partial charge in [0.15, 0.2) is 0 Å². The predicted octanol–water partition coefficient (Wildman–Crippen LogP) is 0.959. The Bertz CT molecular complexity index is 390. The maximum Gasteiger partial charge on any atom is 0.266 e. The van der Waals surface area contributed by atoms with E-state index < -0.39 is 6.10 Å². The van der Waals surface area contributed by atoms with E-state index in [1.54, 1.807) is 6.07 Å². The van der Waals surface area contributed by atoms with E-state index in [1.807, 2.05) is 27.7 Å². The van der Waals surface area contributed by atoms with Crippen LogP contribution >= 0.6 is 0 Å². The highest BCUT2D eigenvalue weighted by atomic mass is 16.3. The van der Waals surface area contributed by atoms with Gasteiger partial charge in [-0.05, 0) is 18.4 Å². The summed E-state index contributed by atoms with van der Waals surface area (Å²) in [4.78, 5) is 11.4. The molecule has 0 aliphatic heterocycles. The molecule has 0 fully saturated rings. The van der Waals surface area contributed by atoms with Gasteiger partial charge in [0.05, 0.1) is 18.3 Å². The van der Waals surface area contributed by atoms with Crippen molar-refractivity contribution in [1.82, 2.24) is 9.78 Å². The summed E-state index contributed by atoms with van der Waals surface area (Å²) in [6.45, 7) is 7.85. The van der Waals surface area contributed by atoms with E-state index in [2.05, 4.69) is 5.10 Å². The van der Waals surface area contributed by atoms with Gasteiger partial charge in [0.25, 0.3) is 5.56 Å². The van der Waals surface area contributed by atoms with E-state index in [0.29, 0.717) is 0 Å². The molecule has 1 aromatic rings. The number of aliphatic hydroxyl groups is 1. The van der Waals surface area contributed by atoms with E-state index in [4.69, 9.17) is 0 Å². The van der Waals surface area contributed by atoms with Crippen molar-refractivity contribution in [2.45, 2.75) is 40.3 Å². The zero-order chi connectivity index (χ0) is 11.6. The Morgan fingerprint density at radius 1 is 1.47 bits per heavy atom. The minimum absolute atomic E-state index is 0.177. The van der Waals surface area contributed by atoms with Crippen LogP contribution in [0.3, 0.4) is 0 Å². The second-order valence-electron chi connectivity index (χ2n) is 4.88. The van der Waals surface area contributed by atoms with Gasteiger partial charge in [0.2, 0.25) is 0 Å². The maximum absolute atomic E-state index is 11.4. The van der Waals surface area contributed by atoms with Crippen molar-refractivity contribution in [3.63, 3.8) is 0 Å². The maximum atomic E-state index is 11.4. The lowest BCUT2D eigenvalue weighted by Crippen LogP contribution is -2.35. The number of hydrogen-bond acceptors (Lipinski definition) is 3. The third-order valence-corrected chi connectivity index (χ3v) is 2.35. The summed E-state index contributed by atoms with van der Waals surface area (Å²) in [5.41, 5.74) is 0.352. The first-order valence-electron chi connectivity index (χ1n) is 5.03. The van der Waals surface area contributed by atoms with Crippen LogP contribution in [0.15, 0.2) is 16.9 Å². The van der Waals surface area contributed by atoms with Crippen molar-refractivity contribution in [2.75, 3.05) is 0 Å². The molecule has 0 bridgehead atoms. The SMILES string of the molecule is Cc1ccc(=O)n(CC(O)C(C)(C)C)n1. The predicted molar refractivity (Wildman–Crippen MR) is 58.7 cm³/mol. The first-order valence-corrected chi connectivity index (χ1v) is 5.03. The molecule has 1 rings (SSSR count). The molecule has 0 spiro atoms. The van der Waals surface area contributed by atoms with Gasteiger partial charge in [0.1, 0.15) is 0 Å². The highest BCUT2D eigenvalue weighted by Gasteiger charge is 2.23. The van der Waals surface area contributed by atoms with Crippen LogP contribution in [0.5, 0.6) is 0 Å². The molecular weight excluding hydrogens is 192 g/mol. The van der Waals surface area contributed by atoms with E-state index in [1.165, 1.54) is 10.7 Å². The van der Waals surface area contributed by atoms with Crippen molar-refractivity contribution in [1.29, 1.82) is 0 Å². The van der Waals surface area contributed by atoms with E-state index in [9.17, 15) is 9.90 Å². The average Bonchev–Trinajstić information content (AvgIpc) is 2.09. The lowest BCUT2D eigenvalue weighted by Gasteiger charge is -2.25. The molecule has 0 aliphatic rings. The molecule has 1 N–H and O–H groups in total. The normalized spacial score (nSPS) is 13.9. The quantitative estimate of drug-likeness (QED) is 0.791. The molecular formula is C11H18N2O2. The minimum atomic E-state index is -0.579. The van der Waals surface area contributed by atoms with Crippen molar-refractivity contribution in [3.8, 4) is 0 Å². The summed E-state index contributed by atoms with van der Waals surface area (Å²) in [7, 11) is 0. The molecule has 4 heteroatoms. The first kappa shape index (κ1) is 11.9. The fourth-order valence-corrected chi connectivity index (χ4v) is 1.12. The van der Waals surface area contributed by atoms with E-state index >= 15 is 0 Å². The van der Waals surface area contributed by atoms with Crippen LogP contribution in [-0.4, -0.2) is 21.0 Å². The summed E-state index contributed by atoms with van der Waals surface area (Å²) in [5, 5.41) is 13.9. The molecule has 0 aromatic carbocycles. The summed E-state index contributed by atoms with van der Waals surface area (Å²) in [6, 6.07) is 3.14. The number of rotatable bonds is 2. The summed E-state index contributed by atoms with van der Waals surface area (Å²) < 4.78 is 1.31. The first-order chi connectivity index (χ1) is 6.80. The monoisotopic (exact) mass is 210 g/mol. The molecule has 1 atom stereocenters. The van der Waals surface area contributed by atoms with Crippen LogP contribution in [0.1, 0.15) is 26.5 Å². The Kier molecular flexibility index (Phi) is 3.29. The van der Waals surface area contributed by atoms with Crippen LogP contribution in [0.2, 0.25) is 0 Å². The Morgan fingerprint density at radius 3 is 2.60 bits per heavy atom. The molecule has 4 nitrogen and oxygen atoms in total. The van der Waals surface area contributed by atoms with E-state index in [-0.39, 0.29) is 17.5 Å². The third kappa shape index (κ3) is 3.16. The molecule has 0 aliphatic carbocycles. The van der Waals surface area contributed by atoms with Gasteiger partial charge in [-0.2, -0.15) is 5.10 Å². The second kappa shape index (κ2) is 4.14. The fraction of sp³-hybridized carbons (Fsp3) is 0.636. The Hall–Kier alpha value is -1.16. The number of hydrogen-bond donors (Lipinski definition) is 1. The standard InChI is InChI=1S/C11H18N2O2/c1-8-5-6-10(15)13(12-8)7-9(14)11(2,3)4/h5-6,9,14H,7H2,1-4H3. The van der Waals surface area contributed by atoms with Crippen LogP contribution in [0.4, 0.5) is 0 Å². The zero-order valence-corrected chi connectivity index (χ0v) is 9.69. The van der Waals surface area contributed by atoms with Crippen molar-refractivity contribution >= 4 is 0 Å². The molecule has 0 saturated carbocycles. The number of aryl methyl sites for hydroxylation is 1. The molecule has 1 heterocycles. The molecule has 0 radical (unpaired) electrons. The lowest BCUT2D eigenvalue weighted by molar-refractivity contribution is 0.0437. The van der Waals surface area contributed by atoms with Gasteiger partial charge in [-0.25, -0.2) is 4.68 Å². The molecule has 0 amide bonds. The summed E-state index contributed by atoms with van der Waals surface area (Å²) >= 11 is 0. The Labute approximate surface area is 89.6 Å². The molecule has 0 saturated heterocycles. The average molecular weight is 210 g/mol. The molecule has 84 valence electrons. The summed E-state index contributed by atoms with van der Waals surface area (Å²) in [5.74, 6) is 0. The van der Waals surface area contributed by atoms with Crippen molar-refractivity contribution in [3.05, 3.63) is 28.2 Å². The third-order valence-electron chi connectivity index (χ3n) is 2.35.